The Kier molecular flexibility index (Phi) is 3.89. The largest absolute Gasteiger partial charge is 0.378 e. The van der Waals surface area contributed by atoms with Crippen molar-refractivity contribution in [2.24, 2.45) is 4.99 Å². The van der Waals surface area contributed by atoms with Crippen LogP contribution < -0.4 is 4.90 Å². The summed E-state index contributed by atoms with van der Waals surface area (Å²) in [7, 11) is 4.04. The van der Waals surface area contributed by atoms with Gasteiger partial charge in [0.25, 0.3) is 0 Å². The van der Waals surface area contributed by atoms with Gasteiger partial charge in [-0.05, 0) is 67.8 Å². The number of carbonyl (C=O) groups is 1. The van der Waals surface area contributed by atoms with Crippen molar-refractivity contribution in [1.29, 1.82) is 0 Å². The zero-order valence-corrected chi connectivity index (χ0v) is 12.7. The quantitative estimate of drug-likeness (QED) is 0.768. The van der Waals surface area contributed by atoms with Gasteiger partial charge in [-0.1, -0.05) is 0 Å². The summed E-state index contributed by atoms with van der Waals surface area (Å²) >= 11 is 0. The monoisotopic (exact) mass is 268 g/mol. The minimum Gasteiger partial charge on any atom is -0.378 e. The third-order valence-corrected chi connectivity index (χ3v) is 3.39. The Morgan fingerprint density at radius 3 is 2.10 bits per heavy atom. The summed E-state index contributed by atoms with van der Waals surface area (Å²) in [6.07, 6.45) is 3.68. The van der Waals surface area contributed by atoms with Crippen molar-refractivity contribution in [1.82, 2.24) is 0 Å². The van der Waals surface area contributed by atoms with E-state index in [1.165, 1.54) is 0 Å². The van der Waals surface area contributed by atoms with Crippen LogP contribution in [0.2, 0.25) is 0 Å². The highest BCUT2D eigenvalue weighted by atomic mass is 16.1. The van der Waals surface area contributed by atoms with Crippen LogP contribution in [0.25, 0.3) is 0 Å². The van der Waals surface area contributed by atoms with Crippen LogP contribution in [0.5, 0.6) is 0 Å². The molecule has 0 bridgehead atoms. The molecule has 3 heteroatoms. The van der Waals surface area contributed by atoms with Gasteiger partial charge in [-0.3, -0.25) is 4.79 Å². The van der Waals surface area contributed by atoms with Gasteiger partial charge in [-0.15, -0.1) is 0 Å². The third-order valence-electron chi connectivity index (χ3n) is 3.39. The van der Waals surface area contributed by atoms with Crippen LogP contribution in [-0.4, -0.2) is 25.6 Å². The fourth-order valence-corrected chi connectivity index (χ4v) is 2.17. The van der Waals surface area contributed by atoms with Crippen molar-refractivity contribution >= 4 is 22.9 Å². The Morgan fingerprint density at radius 2 is 1.60 bits per heavy atom. The van der Waals surface area contributed by atoms with Gasteiger partial charge in [0.05, 0.1) is 11.4 Å². The summed E-state index contributed by atoms with van der Waals surface area (Å²) in [5.74, 6) is 0.101. The van der Waals surface area contributed by atoms with Gasteiger partial charge in [-0.2, -0.15) is 0 Å². The normalized spacial score (nSPS) is 14.8. The number of carbonyl (C=O) groups excluding carboxylic acids is 1. The van der Waals surface area contributed by atoms with E-state index in [1.54, 1.807) is 0 Å². The predicted octanol–water partition coefficient (Wildman–Crippen LogP) is 3.61. The summed E-state index contributed by atoms with van der Waals surface area (Å²) in [5.41, 5.74) is 5.53. The number of Topliss-reactive ketones (excluding diaryl/α,β-unsaturated/α-hetero) is 1. The zero-order chi connectivity index (χ0) is 14.9. The molecule has 1 aliphatic rings. The molecule has 0 spiro atoms. The van der Waals surface area contributed by atoms with E-state index in [0.717, 1.165) is 33.8 Å². The zero-order valence-electron chi connectivity index (χ0n) is 12.7. The number of ketones is 1. The topological polar surface area (TPSA) is 32.7 Å². The number of benzene rings is 1. The van der Waals surface area contributed by atoms with Gasteiger partial charge >= 0.3 is 0 Å². The first-order valence-corrected chi connectivity index (χ1v) is 6.66. The predicted molar refractivity (Wildman–Crippen MR) is 85.1 cm³/mol. The fraction of sp³-hybridized carbons (Fsp3) is 0.294. The first kappa shape index (κ1) is 14.3. The van der Waals surface area contributed by atoms with Crippen LogP contribution in [0.15, 0.2) is 46.5 Å². The minimum absolute atomic E-state index is 0.101. The number of allylic oxidation sites excluding steroid dienone is 4. The molecule has 0 saturated heterocycles. The second kappa shape index (κ2) is 5.45. The Morgan fingerprint density at radius 1 is 1.00 bits per heavy atom. The molecular formula is C17H20N2O. The molecular weight excluding hydrogens is 248 g/mol. The SMILES string of the molecule is CC1=CC(=Nc2ccc(N(C)C)cc2C)C=C(C)C1=O. The lowest BCUT2D eigenvalue weighted by Gasteiger charge is -2.14. The average Bonchev–Trinajstić information content (AvgIpc) is 2.38. The molecule has 0 amide bonds. The van der Waals surface area contributed by atoms with E-state index < -0.39 is 0 Å². The average molecular weight is 268 g/mol. The summed E-state index contributed by atoms with van der Waals surface area (Å²) < 4.78 is 0. The number of hydrogen-bond acceptors (Lipinski definition) is 3. The van der Waals surface area contributed by atoms with Gasteiger partial charge in [-0.25, -0.2) is 4.99 Å². The van der Waals surface area contributed by atoms with Crippen LogP contribution in [0.1, 0.15) is 19.4 Å². The smallest absolute Gasteiger partial charge is 0.184 e. The van der Waals surface area contributed by atoms with Crippen molar-refractivity contribution in [2.45, 2.75) is 20.8 Å². The number of aryl methyl sites for hydroxylation is 1. The molecule has 3 nitrogen and oxygen atoms in total. The van der Waals surface area contributed by atoms with E-state index >= 15 is 0 Å². The van der Waals surface area contributed by atoms with Crippen LogP contribution >= 0.6 is 0 Å². The molecule has 1 aromatic rings. The molecule has 0 N–H and O–H groups in total. The molecule has 20 heavy (non-hydrogen) atoms. The van der Waals surface area contributed by atoms with Crippen molar-refractivity contribution < 1.29 is 4.79 Å². The Hall–Kier alpha value is -2.16. The molecule has 0 radical (unpaired) electrons. The van der Waals surface area contributed by atoms with E-state index in [2.05, 4.69) is 16.0 Å². The number of rotatable bonds is 2. The lowest BCUT2D eigenvalue weighted by Crippen LogP contribution is -2.10. The maximum absolute atomic E-state index is 11.7. The Bertz CT molecular complexity index is 625. The second-order valence-electron chi connectivity index (χ2n) is 5.39. The van der Waals surface area contributed by atoms with Crippen molar-refractivity contribution in [3.8, 4) is 0 Å². The third kappa shape index (κ3) is 2.87. The highest BCUT2D eigenvalue weighted by Crippen LogP contribution is 2.25. The number of hydrogen-bond donors (Lipinski definition) is 0. The van der Waals surface area contributed by atoms with Crippen molar-refractivity contribution in [2.75, 3.05) is 19.0 Å². The lowest BCUT2D eigenvalue weighted by molar-refractivity contribution is -0.112. The van der Waals surface area contributed by atoms with Gasteiger partial charge in [0, 0.05) is 19.8 Å². The first-order valence-electron chi connectivity index (χ1n) is 6.66. The molecule has 0 unspecified atom stereocenters. The number of anilines is 1. The molecule has 1 aliphatic carbocycles. The van der Waals surface area contributed by atoms with E-state index in [-0.39, 0.29) is 5.78 Å². The molecule has 1 aromatic carbocycles. The van der Waals surface area contributed by atoms with E-state index in [0.29, 0.717) is 0 Å². The number of nitrogens with zero attached hydrogens (tertiary/aromatic N) is 2. The maximum atomic E-state index is 11.7. The molecule has 0 saturated carbocycles. The van der Waals surface area contributed by atoms with Gasteiger partial charge in [0.2, 0.25) is 0 Å². The molecule has 0 heterocycles. The maximum Gasteiger partial charge on any atom is 0.184 e. The molecule has 0 aliphatic heterocycles. The standard InChI is InChI=1S/C17H20N2O/c1-11-10-15(19(4)5)6-7-16(11)18-14-8-12(2)17(20)13(3)9-14/h6-10H,1-5H3. The summed E-state index contributed by atoms with van der Waals surface area (Å²) in [5, 5.41) is 0. The molecule has 2 rings (SSSR count). The van der Waals surface area contributed by atoms with Crippen LogP contribution in [0, 0.1) is 6.92 Å². The minimum atomic E-state index is 0.101. The van der Waals surface area contributed by atoms with Gasteiger partial charge < -0.3 is 4.90 Å². The molecule has 104 valence electrons. The highest BCUT2D eigenvalue weighted by Gasteiger charge is 2.13. The Labute approximate surface area is 120 Å². The van der Waals surface area contributed by atoms with Crippen LogP contribution in [0.4, 0.5) is 11.4 Å². The number of aliphatic imine (C=N–C) groups is 1. The lowest BCUT2D eigenvalue weighted by atomic mass is 9.98. The molecule has 0 atom stereocenters. The van der Waals surface area contributed by atoms with E-state index in [1.807, 2.05) is 59.2 Å². The van der Waals surface area contributed by atoms with E-state index in [4.69, 9.17) is 0 Å². The molecule has 0 fully saturated rings. The van der Waals surface area contributed by atoms with Gasteiger partial charge in [0.1, 0.15) is 0 Å². The first-order chi connectivity index (χ1) is 9.38. The molecule has 0 aromatic heterocycles. The summed E-state index contributed by atoms with van der Waals surface area (Å²) in [6.45, 7) is 5.71. The van der Waals surface area contributed by atoms with E-state index in [9.17, 15) is 4.79 Å². The van der Waals surface area contributed by atoms with Crippen molar-refractivity contribution in [3.05, 3.63) is 47.1 Å². The summed E-state index contributed by atoms with van der Waals surface area (Å²) in [6, 6.07) is 6.18. The summed E-state index contributed by atoms with van der Waals surface area (Å²) in [4.78, 5) is 18.4. The van der Waals surface area contributed by atoms with Crippen LogP contribution in [-0.2, 0) is 4.79 Å². The van der Waals surface area contributed by atoms with Crippen molar-refractivity contribution in [3.63, 3.8) is 0 Å². The van der Waals surface area contributed by atoms with Crippen LogP contribution in [0.3, 0.4) is 0 Å². The van der Waals surface area contributed by atoms with Gasteiger partial charge in [0.15, 0.2) is 5.78 Å². The second-order valence-corrected chi connectivity index (χ2v) is 5.39. The Balaban J connectivity index is 2.39. The highest BCUT2D eigenvalue weighted by molar-refractivity contribution is 6.21. The fourth-order valence-electron chi connectivity index (χ4n) is 2.17.